The minimum atomic E-state index is 0.250. The van der Waals surface area contributed by atoms with Crippen LogP contribution < -0.4 is 0 Å². The SMILES string of the molecule is C=CC=O.CC=O.CCO.CO. The van der Waals surface area contributed by atoms with Gasteiger partial charge in [0.25, 0.3) is 0 Å². The van der Waals surface area contributed by atoms with Gasteiger partial charge in [-0.05, 0) is 19.9 Å². The maximum atomic E-state index is 9.06. The van der Waals surface area contributed by atoms with Gasteiger partial charge in [-0.2, -0.15) is 0 Å². The number of carbonyl (C=O) groups is 2. The number of rotatable bonds is 1. The predicted octanol–water partition coefficient (Wildman–Crippen LogP) is 0.184. The summed E-state index contributed by atoms with van der Waals surface area (Å²) in [6, 6.07) is 0. The van der Waals surface area contributed by atoms with Crippen LogP contribution in [0.2, 0.25) is 0 Å². The van der Waals surface area contributed by atoms with E-state index in [0.717, 1.165) is 13.4 Å². The third kappa shape index (κ3) is 11700000000000000573797782385590272. The summed E-state index contributed by atoms with van der Waals surface area (Å²) in [6.07, 6.45) is 2.58. The van der Waals surface area contributed by atoms with Crippen LogP contribution >= 0.6 is 0 Å². The molecule has 0 aliphatic heterocycles. The molecule has 0 aromatic heterocycles. The number of aldehydes is 2. The number of aliphatic hydroxyl groups excluding tert-OH is 2. The first-order valence-corrected chi connectivity index (χ1v) is 3.26. The zero-order chi connectivity index (χ0) is 10.8. The molecule has 0 aliphatic rings. The van der Waals surface area contributed by atoms with Crippen molar-refractivity contribution in [3.63, 3.8) is 0 Å². The maximum Gasteiger partial charge on any atom is 0.142 e. The third-order valence-corrected chi connectivity index (χ3v) is 0.0962. The van der Waals surface area contributed by atoms with E-state index in [0.29, 0.717) is 6.29 Å². The third-order valence-electron chi connectivity index (χ3n) is 0.0962. The summed E-state index contributed by atoms with van der Waals surface area (Å²) in [5.74, 6) is 0. The lowest BCUT2D eigenvalue weighted by molar-refractivity contribution is -0.106. The molecule has 0 radical (unpaired) electrons. The van der Waals surface area contributed by atoms with Gasteiger partial charge in [0.2, 0.25) is 0 Å². The van der Waals surface area contributed by atoms with Gasteiger partial charge in [0.15, 0.2) is 0 Å². The van der Waals surface area contributed by atoms with Gasteiger partial charge in [-0.1, -0.05) is 6.58 Å². The minimum Gasteiger partial charge on any atom is -0.400 e. The highest BCUT2D eigenvalue weighted by Gasteiger charge is 1.38. The van der Waals surface area contributed by atoms with Gasteiger partial charge in [0.05, 0.1) is 0 Å². The zero-order valence-corrected chi connectivity index (χ0v) is 7.86. The van der Waals surface area contributed by atoms with Crippen molar-refractivity contribution in [3.8, 4) is 0 Å². The average Bonchev–Trinajstić information content (AvgIpc) is 2.10. The van der Waals surface area contributed by atoms with Gasteiger partial charge in [0, 0.05) is 13.7 Å². The fourth-order valence-corrected chi connectivity index (χ4v) is 0. The van der Waals surface area contributed by atoms with E-state index in [1.807, 2.05) is 0 Å². The summed E-state index contributed by atoms with van der Waals surface area (Å²) in [5.41, 5.74) is 0. The van der Waals surface area contributed by atoms with E-state index in [-0.39, 0.29) is 6.61 Å². The monoisotopic (exact) mass is 178 g/mol. The van der Waals surface area contributed by atoms with E-state index >= 15 is 0 Å². The van der Waals surface area contributed by atoms with Crippen LogP contribution in [0.1, 0.15) is 13.8 Å². The second-order valence-corrected chi connectivity index (χ2v) is 0.924. The largest absolute Gasteiger partial charge is 0.400 e. The van der Waals surface area contributed by atoms with Crippen LogP contribution in [0.5, 0.6) is 0 Å². The van der Waals surface area contributed by atoms with Gasteiger partial charge in [-0.15, -0.1) is 0 Å². The smallest absolute Gasteiger partial charge is 0.142 e. The fraction of sp³-hybridized carbons (Fsp3) is 0.500. The summed E-state index contributed by atoms with van der Waals surface area (Å²) in [7, 11) is 1.00. The standard InChI is InChI=1S/C3H4O.C2H6O.C2H4O.CH4O/c1-2-3-4;2*1-2-3;1-2/h2-3H,1H2;3H,2H2,1H3;2H,1H3;2H,1H3. The Kier molecular flexibility index (Phi) is 168. The molecule has 0 fully saturated rings. The van der Waals surface area contributed by atoms with E-state index in [9.17, 15) is 0 Å². The molecule has 0 unspecified atom stereocenters. The normalized spacial score (nSPS) is 4.75. The molecular formula is C8H18O4. The Morgan fingerprint density at radius 3 is 1.42 bits per heavy atom. The first-order chi connectivity index (χ1) is 5.74. The lowest BCUT2D eigenvalue weighted by atomic mass is 10.8. The van der Waals surface area contributed by atoms with E-state index in [1.54, 1.807) is 6.92 Å². The minimum absolute atomic E-state index is 0.250. The summed E-state index contributed by atoms with van der Waals surface area (Å²) in [4.78, 5) is 17.9. The number of hydrogen-bond acceptors (Lipinski definition) is 4. The Morgan fingerprint density at radius 2 is 1.42 bits per heavy atom. The molecule has 0 spiro atoms. The predicted molar refractivity (Wildman–Crippen MR) is 48.9 cm³/mol. The first-order valence-electron chi connectivity index (χ1n) is 3.26. The molecule has 4 nitrogen and oxygen atoms in total. The molecule has 0 saturated heterocycles. The summed E-state index contributed by atoms with van der Waals surface area (Å²) < 4.78 is 0. The highest BCUT2D eigenvalue weighted by Crippen LogP contribution is 1.35. The van der Waals surface area contributed by atoms with Crippen molar-refractivity contribution in [3.05, 3.63) is 12.7 Å². The zero-order valence-electron chi connectivity index (χ0n) is 7.86. The van der Waals surface area contributed by atoms with Gasteiger partial charge in [0.1, 0.15) is 12.6 Å². The molecule has 0 aromatic carbocycles. The highest BCUT2D eigenvalue weighted by atomic mass is 16.2. The van der Waals surface area contributed by atoms with Crippen molar-refractivity contribution in [2.45, 2.75) is 13.8 Å². The van der Waals surface area contributed by atoms with Crippen LogP contribution in [0.4, 0.5) is 0 Å². The molecular weight excluding hydrogens is 160 g/mol. The Hall–Kier alpha value is -1.00. The maximum absolute atomic E-state index is 9.06. The van der Waals surface area contributed by atoms with Gasteiger partial charge < -0.3 is 15.0 Å². The Morgan fingerprint density at radius 1 is 1.33 bits per heavy atom. The molecule has 0 aromatic rings. The molecule has 0 atom stereocenters. The molecule has 0 bridgehead atoms. The Labute approximate surface area is 73.5 Å². The van der Waals surface area contributed by atoms with Crippen molar-refractivity contribution in [1.29, 1.82) is 0 Å². The summed E-state index contributed by atoms with van der Waals surface area (Å²) in [6.45, 7) is 6.49. The molecule has 4 heteroatoms. The topological polar surface area (TPSA) is 74.6 Å². The molecule has 74 valence electrons. The van der Waals surface area contributed by atoms with E-state index in [1.165, 1.54) is 13.0 Å². The summed E-state index contributed by atoms with van der Waals surface area (Å²) in [5, 5.41) is 14.6. The van der Waals surface area contributed by atoms with Crippen LogP contribution in [0.3, 0.4) is 0 Å². The van der Waals surface area contributed by atoms with Crippen LogP contribution in [-0.2, 0) is 9.59 Å². The van der Waals surface area contributed by atoms with Crippen molar-refractivity contribution in [2.75, 3.05) is 13.7 Å². The highest BCUT2D eigenvalue weighted by molar-refractivity contribution is 5.63. The number of allylic oxidation sites excluding steroid dienone is 1. The van der Waals surface area contributed by atoms with Crippen molar-refractivity contribution < 1.29 is 19.8 Å². The van der Waals surface area contributed by atoms with Gasteiger partial charge in [-0.3, -0.25) is 4.79 Å². The first kappa shape index (κ1) is 22.4. The molecule has 0 aliphatic carbocycles. The molecule has 0 rings (SSSR count). The van der Waals surface area contributed by atoms with Crippen molar-refractivity contribution in [1.82, 2.24) is 0 Å². The lowest BCUT2D eigenvalue weighted by Gasteiger charge is -1.52. The molecule has 0 amide bonds. The number of carbonyl (C=O) groups excluding carboxylic acids is 2. The van der Waals surface area contributed by atoms with Crippen molar-refractivity contribution in [2.24, 2.45) is 0 Å². The van der Waals surface area contributed by atoms with Crippen molar-refractivity contribution >= 4 is 12.6 Å². The fourth-order valence-electron chi connectivity index (χ4n) is 0. The molecule has 0 saturated carbocycles. The average molecular weight is 178 g/mol. The Bertz CT molecular complexity index is 65.5. The van der Waals surface area contributed by atoms with Gasteiger partial charge in [-0.25, -0.2) is 0 Å². The second-order valence-electron chi connectivity index (χ2n) is 0.924. The van der Waals surface area contributed by atoms with Gasteiger partial charge >= 0.3 is 0 Å². The quantitative estimate of drug-likeness (QED) is 0.444. The van der Waals surface area contributed by atoms with Crippen LogP contribution in [0.25, 0.3) is 0 Å². The van der Waals surface area contributed by atoms with E-state index < -0.39 is 0 Å². The van der Waals surface area contributed by atoms with E-state index in [2.05, 4.69) is 6.58 Å². The second kappa shape index (κ2) is 90.0. The number of hydrogen-bond donors (Lipinski definition) is 2. The van der Waals surface area contributed by atoms with E-state index in [4.69, 9.17) is 19.8 Å². The molecule has 0 heterocycles. The molecule has 12 heavy (non-hydrogen) atoms. The van der Waals surface area contributed by atoms with Crippen LogP contribution in [0, 0.1) is 0 Å². The lowest BCUT2D eigenvalue weighted by Crippen LogP contribution is -1.57. The Balaban J connectivity index is -0.0000000368. The number of aliphatic hydroxyl groups is 2. The molecule has 2 N–H and O–H groups in total. The van der Waals surface area contributed by atoms with Crippen LogP contribution in [-0.4, -0.2) is 36.5 Å². The summed E-state index contributed by atoms with van der Waals surface area (Å²) >= 11 is 0. The van der Waals surface area contributed by atoms with Crippen LogP contribution in [0.15, 0.2) is 12.7 Å².